The first kappa shape index (κ1) is 15.3. The molecule has 0 saturated heterocycles. The van der Waals surface area contributed by atoms with E-state index in [2.05, 4.69) is 82.8 Å². The van der Waals surface area contributed by atoms with Gasteiger partial charge in [0, 0.05) is 16.4 Å². The minimum absolute atomic E-state index is 0.157. The van der Waals surface area contributed by atoms with E-state index in [9.17, 15) is 0 Å². The molecule has 2 aromatic carbocycles. The number of benzene rings is 2. The molecule has 0 aliphatic heterocycles. The topological polar surface area (TPSA) is 12.0 Å². The maximum atomic E-state index is 3.51. The Balaban J connectivity index is 2.34. The predicted molar refractivity (Wildman–Crippen MR) is 90.2 cm³/mol. The van der Waals surface area contributed by atoms with E-state index in [0.29, 0.717) is 0 Å². The first-order valence-electron chi connectivity index (χ1n) is 7.15. The molecule has 0 saturated carbocycles. The Morgan fingerprint density at radius 2 is 1.65 bits per heavy atom. The number of likely N-dealkylation sites (N-methyl/N-ethyl adjacent to an activating group) is 1. The average molecular weight is 332 g/mol. The molecule has 1 unspecified atom stereocenters. The van der Waals surface area contributed by atoms with Crippen molar-refractivity contribution in [2.24, 2.45) is 0 Å². The second-order valence-corrected chi connectivity index (χ2v) is 6.25. The summed E-state index contributed by atoms with van der Waals surface area (Å²) in [6.45, 7) is 3.27. The molecule has 0 aliphatic carbocycles. The summed E-state index contributed by atoms with van der Waals surface area (Å²) in [4.78, 5) is 0. The van der Waals surface area contributed by atoms with Gasteiger partial charge in [-0.25, -0.2) is 0 Å². The molecule has 1 atom stereocenters. The zero-order chi connectivity index (χ0) is 14.4. The first-order chi connectivity index (χ1) is 9.70. The predicted octanol–water partition coefficient (Wildman–Crippen LogP) is 4.56. The maximum Gasteiger partial charge on any atom is 0.0175 e. The number of nitrogens with one attached hydrogen (secondary N) is 1. The van der Waals surface area contributed by atoms with Crippen molar-refractivity contribution in [3.8, 4) is 0 Å². The van der Waals surface area contributed by atoms with Crippen LogP contribution < -0.4 is 5.32 Å². The lowest BCUT2D eigenvalue weighted by atomic mass is 9.73. The van der Waals surface area contributed by atoms with Crippen LogP contribution in [-0.4, -0.2) is 13.6 Å². The summed E-state index contributed by atoms with van der Waals surface area (Å²) in [5.41, 5.74) is 2.96. The van der Waals surface area contributed by atoms with Crippen molar-refractivity contribution >= 4 is 15.9 Å². The molecule has 0 bridgehead atoms. The monoisotopic (exact) mass is 331 g/mol. The van der Waals surface area contributed by atoms with Crippen molar-refractivity contribution in [3.05, 3.63) is 70.2 Å². The van der Waals surface area contributed by atoms with Gasteiger partial charge >= 0.3 is 0 Å². The van der Waals surface area contributed by atoms with E-state index in [1.54, 1.807) is 0 Å². The summed E-state index contributed by atoms with van der Waals surface area (Å²) in [5, 5.41) is 3.38. The molecule has 1 N–H and O–H groups in total. The summed E-state index contributed by atoms with van der Waals surface area (Å²) < 4.78 is 1.14. The van der Waals surface area contributed by atoms with Crippen LogP contribution in [0.4, 0.5) is 0 Å². The number of halogens is 1. The molecule has 2 rings (SSSR count). The number of rotatable bonds is 6. The Morgan fingerprint density at radius 1 is 1.00 bits per heavy atom. The van der Waals surface area contributed by atoms with Crippen LogP contribution in [0, 0.1) is 0 Å². The number of hydrogen-bond acceptors (Lipinski definition) is 1. The lowest BCUT2D eigenvalue weighted by Gasteiger charge is -2.34. The van der Waals surface area contributed by atoms with E-state index in [-0.39, 0.29) is 5.41 Å². The largest absolute Gasteiger partial charge is 0.319 e. The molecular weight excluding hydrogens is 310 g/mol. The van der Waals surface area contributed by atoms with Gasteiger partial charge in [0.15, 0.2) is 0 Å². The highest BCUT2D eigenvalue weighted by atomic mass is 79.9. The van der Waals surface area contributed by atoms with Gasteiger partial charge in [-0.1, -0.05) is 65.3 Å². The Hall–Kier alpha value is -1.12. The minimum atomic E-state index is 0.157. The highest BCUT2D eigenvalue weighted by molar-refractivity contribution is 9.10. The molecule has 0 aromatic heterocycles. The molecule has 0 aliphatic rings. The van der Waals surface area contributed by atoms with Gasteiger partial charge in [0.05, 0.1) is 0 Å². The van der Waals surface area contributed by atoms with Gasteiger partial charge in [0.1, 0.15) is 0 Å². The van der Waals surface area contributed by atoms with Gasteiger partial charge in [-0.3, -0.25) is 0 Å². The summed E-state index contributed by atoms with van der Waals surface area (Å²) >= 11 is 3.51. The van der Waals surface area contributed by atoms with Crippen LogP contribution in [0.2, 0.25) is 0 Å². The highest BCUT2D eigenvalue weighted by Gasteiger charge is 2.29. The van der Waals surface area contributed by atoms with Gasteiger partial charge in [0.2, 0.25) is 0 Å². The van der Waals surface area contributed by atoms with Crippen molar-refractivity contribution < 1.29 is 0 Å². The number of hydrogen-bond donors (Lipinski definition) is 1. The van der Waals surface area contributed by atoms with E-state index in [1.165, 1.54) is 11.1 Å². The van der Waals surface area contributed by atoms with Gasteiger partial charge < -0.3 is 5.32 Å². The summed E-state index contributed by atoms with van der Waals surface area (Å²) in [7, 11) is 2.04. The average Bonchev–Trinajstić information content (AvgIpc) is 2.50. The molecular formula is C18H22BrN. The molecule has 2 aromatic rings. The highest BCUT2D eigenvalue weighted by Crippen LogP contribution is 2.32. The SMILES string of the molecule is CCC(CNC)(Cc1ccc(Br)cc1)c1ccccc1. The molecule has 1 nitrogen and oxygen atoms in total. The minimum Gasteiger partial charge on any atom is -0.319 e. The smallest absolute Gasteiger partial charge is 0.0175 e. The summed E-state index contributed by atoms with van der Waals surface area (Å²) in [6, 6.07) is 19.5. The molecule has 0 spiro atoms. The molecule has 0 heterocycles. The van der Waals surface area contributed by atoms with Crippen molar-refractivity contribution in [2.45, 2.75) is 25.2 Å². The van der Waals surface area contributed by atoms with Gasteiger partial charge in [-0.15, -0.1) is 0 Å². The normalized spacial score (nSPS) is 13.9. The fourth-order valence-electron chi connectivity index (χ4n) is 2.84. The molecule has 0 radical (unpaired) electrons. The van der Waals surface area contributed by atoms with E-state index in [0.717, 1.165) is 23.9 Å². The van der Waals surface area contributed by atoms with Crippen LogP contribution in [-0.2, 0) is 11.8 Å². The molecule has 2 heteroatoms. The Morgan fingerprint density at radius 3 is 2.20 bits per heavy atom. The van der Waals surface area contributed by atoms with Crippen LogP contribution in [0.25, 0.3) is 0 Å². The zero-order valence-corrected chi connectivity index (χ0v) is 13.8. The van der Waals surface area contributed by atoms with Crippen molar-refractivity contribution in [2.75, 3.05) is 13.6 Å². The molecule has 0 amide bonds. The van der Waals surface area contributed by atoms with Crippen molar-refractivity contribution in [1.29, 1.82) is 0 Å². The van der Waals surface area contributed by atoms with Gasteiger partial charge in [-0.2, -0.15) is 0 Å². The maximum absolute atomic E-state index is 3.51. The van der Waals surface area contributed by atoms with Crippen LogP contribution in [0.3, 0.4) is 0 Å². The van der Waals surface area contributed by atoms with Crippen LogP contribution in [0.15, 0.2) is 59.1 Å². The fraction of sp³-hybridized carbons (Fsp3) is 0.333. The van der Waals surface area contributed by atoms with Crippen molar-refractivity contribution in [1.82, 2.24) is 5.32 Å². The van der Waals surface area contributed by atoms with E-state index in [1.807, 2.05) is 7.05 Å². The lowest BCUT2D eigenvalue weighted by molar-refractivity contribution is 0.391. The van der Waals surface area contributed by atoms with E-state index >= 15 is 0 Å². The third-order valence-electron chi connectivity index (χ3n) is 4.03. The van der Waals surface area contributed by atoms with Gasteiger partial charge in [0.25, 0.3) is 0 Å². The van der Waals surface area contributed by atoms with Crippen molar-refractivity contribution in [3.63, 3.8) is 0 Å². The van der Waals surface area contributed by atoms with Crippen LogP contribution >= 0.6 is 15.9 Å². The third kappa shape index (κ3) is 3.50. The fourth-order valence-corrected chi connectivity index (χ4v) is 3.11. The van der Waals surface area contributed by atoms with E-state index < -0.39 is 0 Å². The summed E-state index contributed by atoms with van der Waals surface area (Å²) in [5.74, 6) is 0. The standard InChI is InChI=1S/C18H22BrN/c1-3-18(14-20-2,16-7-5-4-6-8-16)13-15-9-11-17(19)12-10-15/h4-12,20H,3,13-14H2,1-2H3. The zero-order valence-electron chi connectivity index (χ0n) is 12.2. The third-order valence-corrected chi connectivity index (χ3v) is 4.56. The Kier molecular flexibility index (Phi) is 5.38. The molecule has 20 heavy (non-hydrogen) atoms. The van der Waals surface area contributed by atoms with Crippen LogP contribution in [0.1, 0.15) is 24.5 Å². The quantitative estimate of drug-likeness (QED) is 0.818. The van der Waals surface area contributed by atoms with Crippen LogP contribution in [0.5, 0.6) is 0 Å². The first-order valence-corrected chi connectivity index (χ1v) is 7.94. The Bertz CT molecular complexity index is 521. The second kappa shape index (κ2) is 7.05. The van der Waals surface area contributed by atoms with Gasteiger partial charge in [-0.05, 0) is 43.1 Å². The molecule has 106 valence electrons. The summed E-state index contributed by atoms with van der Waals surface area (Å²) in [6.07, 6.45) is 2.18. The lowest BCUT2D eigenvalue weighted by Crippen LogP contribution is -2.38. The Labute approximate surface area is 130 Å². The molecule has 0 fully saturated rings. The van der Waals surface area contributed by atoms with E-state index in [4.69, 9.17) is 0 Å². The second-order valence-electron chi connectivity index (χ2n) is 5.33.